The minimum absolute atomic E-state index is 0.0247. The van der Waals surface area contributed by atoms with Gasteiger partial charge in [-0.25, -0.2) is 4.39 Å². The summed E-state index contributed by atoms with van der Waals surface area (Å²) in [5.74, 6) is -0.879. The molecule has 0 spiro atoms. The molecule has 168 valence electrons. The lowest BCUT2D eigenvalue weighted by molar-refractivity contribution is -0.137. The van der Waals surface area contributed by atoms with Crippen molar-refractivity contribution in [1.29, 1.82) is 0 Å². The molecule has 1 aliphatic rings. The van der Waals surface area contributed by atoms with Gasteiger partial charge < -0.3 is 19.9 Å². The number of carbonyl (C=O) groups excluding carboxylic acids is 1. The van der Waals surface area contributed by atoms with Crippen molar-refractivity contribution in [2.24, 2.45) is 4.99 Å². The van der Waals surface area contributed by atoms with Crippen LogP contribution in [0.5, 0.6) is 5.88 Å². The van der Waals surface area contributed by atoms with E-state index in [1.165, 1.54) is 43.5 Å². The summed E-state index contributed by atoms with van der Waals surface area (Å²) in [6.45, 7) is 2.72. The van der Waals surface area contributed by atoms with Gasteiger partial charge in [-0.15, -0.1) is 0 Å². The van der Waals surface area contributed by atoms with Crippen molar-refractivity contribution in [2.75, 3.05) is 31.1 Å². The van der Waals surface area contributed by atoms with Gasteiger partial charge in [0.2, 0.25) is 5.91 Å². The quantitative estimate of drug-likeness (QED) is 0.459. The van der Waals surface area contributed by atoms with Gasteiger partial charge in [0.05, 0.1) is 16.8 Å². The zero-order valence-corrected chi connectivity index (χ0v) is 17.1. The van der Waals surface area contributed by atoms with Crippen LogP contribution in [-0.2, 0) is 11.0 Å². The number of hydrogen-bond acceptors (Lipinski definition) is 4. The van der Waals surface area contributed by atoms with E-state index < -0.39 is 17.6 Å². The fraction of sp³-hybridized carbons (Fsp3) is 0.273. The van der Waals surface area contributed by atoms with Crippen molar-refractivity contribution in [2.45, 2.75) is 13.1 Å². The number of nitrogens with one attached hydrogen (secondary N) is 1. The molecule has 10 heteroatoms. The van der Waals surface area contributed by atoms with Crippen molar-refractivity contribution in [3.8, 4) is 5.88 Å². The number of benzene rings is 2. The lowest BCUT2D eigenvalue weighted by Crippen LogP contribution is -2.48. The van der Waals surface area contributed by atoms with Gasteiger partial charge in [0, 0.05) is 55.9 Å². The number of aromatic nitrogens is 1. The van der Waals surface area contributed by atoms with E-state index in [9.17, 15) is 27.5 Å². The first-order valence-corrected chi connectivity index (χ1v) is 9.89. The number of nitrogens with zero attached hydrogens (tertiary/aromatic N) is 3. The third kappa shape index (κ3) is 4.25. The molecule has 0 aliphatic carbocycles. The van der Waals surface area contributed by atoms with Crippen LogP contribution in [0.15, 0.2) is 41.4 Å². The van der Waals surface area contributed by atoms with Crippen LogP contribution in [0.25, 0.3) is 10.9 Å². The van der Waals surface area contributed by atoms with Gasteiger partial charge in [-0.1, -0.05) is 0 Å². The predicted octanol–water partition coefficient (Wildman–Crippen LogP) is 4.45. The molecular formula is C22H20F4N4O2. The first-order valence-electron chi connectivity index (χ1n) is 9.89. The normalized spacial score (nSPS) is 15.2. The second-order valence-corrected chi connectivity index (χ2v) is 7.53. The van der Waals surface area contributed by atoms with Crippen LogP contribution in [0.2, 0.25) is 0 Å². The number of halogens is 4. The third-order valence-corrected chi connectivity index (χ3v) is 5.47. The van der Waals surface area contributed by atoms with Crippen LogP contribution >= 0.6 is 0 Å². The molecule has 0 saturated carbocycles. The van der Waals surface area contributed by atoms with Crippen LogP contribution in [0.3, 0.4) is 0 Å². The molecule has 2 aromatic carbocycles. The molecule has 6 nitrogen and oxygen atoms in total. The summed E-state index contributed by atoms with van der Waals surface area (Å²) in [5, 5.41) is 10.4. The Morgan fingerprint density at radius 3 is 2.50 bits per heavy atom. The molecule has 0 radical (unpaired) electrons. The first kappa shape index (κ1) is 21.7. The Labute approximate surface area is 180 Å². The molecule has 2 heterocycles. The average molecular weight is 448 g/mol. The molecule has 1 amide bonds. The molecule has 4 rings (SSSR count). The van der Waals surface area contributed by atoms with Crippen molar-refractivity contribution >= 4 is 34.4 Å². The predicted molar refractivity (Wildman–Crippen MR) is 113 cm³/mol. The summed E-state index contributed by atoms with van der Waals surface area (Å²) < 4.78 is 54.9. The third-order valence-electron chi connectivity index (χ3n) is 5.47. The highest BCUT2D eigenvalue weighted by Gasteiger charge is 2.36. The van der Waals surface area contributed by atoms with Gasteiger partial charge in [-0.3, -0.25) is 9.79 Å². The number of fused-ring (bicyclic) bond motifs is 1. The minimum Gasteiger partial charge on any atom is -0.494 e. The molecule has 1 aromatic heterocycles. The number of aromatic hydroxyl groups is 1. The van der Waals surface area contributed by atoms with Gasteiger partial charge in [-0.2, -0.15) is 13.2 Å². The summed E-state index contributed by atoms with van der Waals surface area (Å²) in [7, 11) is 0. The SMILES string of the molecule is CC(=O)N1CCN(c2ccc(N=Cc3c(O)[nH]c4ccc(F)cc34)cc2C(F)(F)F)CC1. The van der Waals surface area contributed by atoms with E-state index in [2.05, 4.69) is 9.98 Å². The largest absolute Gasteiger partial charge is 0.494 e. The summed E-state index contributed by atoms with van der Waals surface area (Å²) >= 11 is 0. The average Bonchev–Trinajstić information content (AvgIpc) is 3.05. The van der Waals surface area contributed by atoms with E-state index in [4.69, 9.17) is 0 Å². The fourth-order valence-electron chi connectivity index (χ4n) is 3.81. The summed E-state index contributed by atoms with van der Waals surface area (Å²) in [4.78, 5) is 21.4. The van der Waals surface area contributed by atoms with E-state index in [1.54, 1.807) is 9.80 Å². The zero-order valence-electron chi connectivity index (χ0n) is 17.1. The van der Waals surface area contributed by atoms with E-state index in [0.717, 1.165) is 6.07 Å². The Morgan fingerprint density at radius 1 is 1.12 bits per heavy atom. The van der Waals surface area contributed by atoms with E-state index >= 15 is 0 Å². The molecule has 0 atom stereocenters. The molecule has 1 fully saturated rings. The standard InChI is InChI=1S/C22H20F4N4O2/c1-13(31)29-6-8-30(9-7-29)20-5-3-15(11-18(20)22(24,25)26)27-12-17-16-10-14(23)2-4-19(16)28-21(17)32/h2-5,10-12,28,32H,6-9H2,1H3. The molecule has 3 aromatic rings. The summed E-state index contributed by atoms with van der Waals surface area (Å²) in [6, 6.07) is 7.62. The number of anilines is 1. The van der Waals surface area contributed by atoms with Gasteiger partial charge in [0.1, 0.15) is 5.82 Å². The number of aliphatic imine (C=N–C) groups is 1. The van der Waals surface area contributed by atoms with Crippen LogP contribution in [0, 0.1) is 5.82 Å². The molecular weight excluding hydrogens is 428 g/mol. The van der Waals surface area contributed by atoms with Crippen LogP contribution in [0.4, 0.5) is 28.9 Å². The van der Waals surface area contributed by atoms with Gasteiger partial charge in [0.25, 0.3) is 0 Å². The number of hydrogen-bond donors (Lipinski definition) is 2. The maximum absolute atomic E-state index is 13.8. The molecule has 2 N–H and O–H groups in total. The Balaban J connectivity index is 1.65. The van der Waals surface area contributed by atoms with Crippen LogP contribution in [-0.4, -0.2) is 53.3 Å². The second-order valence-electron chi connectivity index (χ2n) is 7.53. The van der Waals surface area contributed by atoms with E-state index in [-0.39, 0.29) is 28.7 Å². The monoisotopic (exact) mass is 448 g/mol. The topological polar surface area (TPSA) is 71.9 Å². The Bertz CT molecular complexity index is 1190. The van der Waals surface area contributed by atoms with Crippen molar-refractivity contribution in [3.63, 3.8) is 0 Å². The van der Waals surface area contributed by atoms with Gasteiger partial charge >= 0.3 is 6.18 Å². The number of H-pyrrole nitrogens is 1. The van der Waals surface area contributed by atoms with Crippen molar-refractivity contribution < 1.29 is 27.5 Å². The number of aromatic amines is 1. The van der Waals surface area contributed by atoms with Gasteiger partial charge in [0.15, 0.2) is 5.88 Å². The lowest BCUT2D eigenvalue weighted by atomic mass is 10.1. The lowest BCUT2D eigenvalue weighted by Gasteiger charge is -2.36. The Kier molecular flexibility index (Phi) is 5.53. The molecule has 1 saturated heterocycles. The Hall–Kier alpha value is -3.56. The van der Waals surface area contributed by atoms with Crippen LogP contribution < -0.4 is 4.90 Å². The second kappa shape index (κ2) is 8.18. The molecule has 0 unspecified atom stereocenters. The van der Waals surface area contributed by atoms with Gasteiger partial charge in [-0.05, 0) is 36.4 Å². The summed E-state index contributed by atoms with van der Waals surface area (Å²) in [6.07, 6.45) is -3.40. The molecule has 32 heavy (non-hydrogen) atoms. The number of amides is 1. The van der Waals surface area contributed by atoms with Crippen molar-refractivity contribution in [3.05, 3.63) is 53.3 Å². The number of rotatable bonds is 3. The number of piperazine rings is 1. The molecule has 1 aliphatic heterocycles. The minimum atomic E-state index is -4.61. The van der Waals surface area contributed by atoms with Crippen LogP contribution in [0.1, 0.15) is 18.1 Å². The van der Waals surface area contributed by atoms with E-state index in [1.807, 2.05) is 0 Å². The zero-order chi connectivity index (χ0) is 23.0. The maximum atomic E-state index is 13.8. The highest BCUT2D eigenvalue weighted by Crippen LogP contribution is 2.39. The first-order chi connectivity index (χ1) is 15.1. The number of carbonyl (C=O) groups is 1. The number of alkyl halides is 3. The molecule has 0 bridgehead atoms. The Morgan fingerprint density at radius 2 is 1.84 bits per heavy atom. The highest BCUT2D eigenvalue weighted by atomic mass is 19.4. The summed E-state index contributed by atoms with van der Waals surface area (Å²) in [5.41, 5.74) is -0.123. The highest BCUT2D eigenvalue weighted by molar-refractivity contribution is 6.02. The smallest absolute Gasteiger partial charge is 0.418 e. The van der Waals surface area contributed by atoms with Crippen molar-refractivity contribution in [1.82, 2.24) is 9.88 Å². The maximum Gasteiger partial charge on any atom is 0.418 e. The fourth-order valence-corrected chi connectivity index (χ4v) is 3.81. The van der Waals surface area contributed by atoms with E-state index in [0.29, 0.717) is 37.1 Å².